The molecule has 24 heteroatoms. The number of esters is 1. The highest BCUT2D eigenvalue weighted by molar-refractivity contribution is 8.37. The third kappa shape index (κ3) is 38.8. The van der Waals surface area contributed by atoms with Crippen molar-refractivity contribution in [1.82, 2.24) is 0 Å². The fraction of sp³-hybridized carbons (Fsp3) is 0.837. The summed E-state index contributed by atoms with van der Waals surface area (Å²) in [5.41, 5.74) is 0. The second-order valence-corrected chi connectivity index (χ2v) is 26.9. The van der Waals surface area contributed by atoms with E-state index in [0.29, 0.717) is 57.8 Å². The standard InChI is InChI=1S/C18H30O5.C15H29O6P2S2.C10H21O5P2S2/c1-5-14(19)9-12-18(22)23-16(6-2)10-7-15(20)8-11-17(21)13(3)4;1-5-11-19-23(18,21-25(22)24)20-14(6-2)9-7-13(16)8-10-15(17)12(3)4;1-5-7-13-17(12,15-19(16)18)14-9(6-2)10(11)8(3)4/h13,16H,5-12H2,1-4H3;12,14,22H,5-11H2,1-4H3;8-9,16H,5-7H2,1-4H3/q;2*-1. The van der Waals surface area contributed by atoms with E-state index in [9.17, 15) is 42.7 Å². The zero-order valence-electron chi connectivity index (χ0n) is 41.8. The van der Waals surface area contributed by atoms with Crippen LogP contribution in [0.1, 0.15) is 186 Å². The number of carbonyl (C=O) groups excluding carboxylic acids is 7. The van der Waals surface area contributed by atoms with E-state index in [2.05, 4.69) is 16.0 Å². The Morgan fingerprint density at radius 3 is 1.27 bits per heavy atom. The van der Waals surface area contributed by atoms with E-state index >= 15 is 0 Å². The summed E-state index contributed by atoms with van der Waals surface area (Å²) >= 11 is 9.64. The van der Waals surface area contributed by atoms with Crippen LogP contribution >= 0.6 is 31.7 Å². The molecule has 0 radical (unpaired) electrons. The normalized spacial score (nSPS) is 14.5. The van der Waals surface area contributed by atoms with Crippen molar-refractivity contribution >= 4 is 113 Å². The summed E-state index contributed by atoms with van der Waals surface area (Å²) < 4.78 is 61.6. The Balaban J connectivity index is -0.000000926. The summed E-state index contributed by atoms with van der Waals surface area (Å²) in [6.07, 6.45) is 4.51. The third-order valence-corrected chi connectivity index (χ3v) is 16.4. The summed E-state index contributed by atoms with van der Waals surface area (Å²) in [5, 5.41) is 0. The van der Waals surface area contributed by atoms with Crippen LogP contribution < -0.4 is 0 Å². The summed E-state index contributed by atoms with van der Waals surface area (Å²) in [5.74, 6) is -0.610. The molecule has 0 bridgehead atoms. The fourth-order valence-electron chi connectivity index (χ4n) is 5.09. The van der Waals surface area contributed by atoms with Gasteiger partial charge in [-0.15, -0.1) is 0 Å². The minimum absolute atomic E-state index is 0.00980. The van der Waals surface area contributed by atoms with Crippen LogP contribution in [0.2, 0.25) is 0 Å². The first-order valence-corrected chi connectivity index (χ1v) is 32.6. The van der Waals surface area contributed by atoms with Gasteiger partial charge in [0.2, 0.25) is 0 Å². The molecule has 0 aliphatic heterocycles. The van der Waals surface area contributed by atoms with Gasteiger partial charge in [-0.25, -0.2) is 47.5 Å². The van der Waals surface area contributed by atoms with Gasteiger partial charge in [-0.1, -0.05) is 83.1 Å². The number of Topliss-reactive ketones (excluding diaryl/α,β-unsaturated/α-hetero) is 6. The smallest absolute Gasteiger partial charge is 0.456 e. The quantitative estimate of drug-likeness (QED) is 0.0319. The minimum atomic E-state index is -3.82. The largest absolute Gasteiger partial charge is 0.462 e. The average molecular weight is 1110 g/mol. The summed E-state index contributed by atoms with van der Waals surface area (Å²) in [6, 6.07) is 0. The highest BCUT2D eigenvalue weighted by Crippen LogP contribution is 2.53. The zero-order chi connectivity index (χ0) is 52.3. The molecule has 0 rings (SSSR count). The van der Waals surface area contributed by atoms with Crippen LogP contribution in [0.4, 0.5) is 0 Å². The lowest BCUT2D eigenvalue weighted by Crippen LogP contribution is -2.27. The Bertz CT molecular complexity index is 1750. The maximum Gasteiger partial charge on any atom is 0.456 e. The highest BCUT2D eigenvalue weighted by atomic mass is 33.0. The van der Waals surface area contributed by atoms with Crippen molar-refractivity contribution in [3.63, 3.8) is 0 Å². The lowest BCUT2D eigenvalue weighted by molar-refractivity contribution is -0.151. The number of ketones is 6. The first kappa shape index (κ1) is 70.7. The van der Waals surface area contributed by atoms with Gasteiger partial charge in [0.05, 0.1) is 25.7 Å². The molecule has 0 saturated heterocycles. The van der Waals surface area contributed by atoms with Gasteiger partial charge in [-0.05, 0) is 44.9 Å². The van der Waals surface area contributed by atoms with E-state index in [1.54, 1.807) is 27.7 Å². The molecule has 5 atom stereocenters. The number of carbonyl (C=O) groups is 7. The van der Waals surface area contributed by atoms with Crippen LogP contribution in [0.25, 0.3) is 0 Å². The van der Waals surface area contributed by atoms with Gasteiger partial charge < -0.3 is 12.7 Å². The molecule has 0 saturated carbocycles. The monoisotopic (exact) mass is 1100 g/mol. The lowest BCUT2D eigenvalue weighted by Gasteiger charge is -2.25. The Morgan fingerprint density at radius 2 is 0.925 bits per heavy atom. The fourth-order valence-corrected chi connectivity index (χ4v) is 12.1. The maximum absolute atomic E-state index is 12.6. The molecule has 0 fully saturated rings. The molecule has 5 unspecified atom stereocenters. The molecule has 0 aromatic rings. The number of rotatable bonds is 38. The van der Waals surface area contributed by atoms with Crippen molar-refractivity contribution in [1.29, 1.82) is 0 Å². The molecule has 67 heavy (non-hydrogen) atoms. The van der Waals surface area contributed by atoms with Crippen LogP contribution in [-0.4, -0.2) is 72.2 Å². The Morgan fingerprint density at radius 1 is 0.522 bits per heavy atom. The first-order valence-electron chi connectivity index (χ1n) is 23.0. The molecule has 16 nitrogen and oxygen atoms in total. The SMILES string of the molecule is CCC(=O)CCC(=O)OC(CC)CCC(=O)CCC(=O)C(C)C.CCCOP(=O)(OC(CC)C(=O)C(C)C)O[S-](=P)=S.CCCOP(=O)(OC(CC)CCC(=O)CCC(=O)C(C)C)O[S-](=P)=S. The van der Waals surface area contributed by atoms with Crippen LogP contribution in [0.5, 0.6) is 0 Å². The second kappa shape index (κ2) is 41.0. The molecular formula is C43H80O16P4S4-2. The van der Waals surface area contributed by atoms with Gasteiger partial charge in [0.25, 0.3) is 0 Å². The average Bonchev–Trinajstić information content (AvgIpc) is 3.26. The van der Waals surface area contributed by atoms with Crippen LogP contribution in [0.3, 0.4) is 0 Å². The summed E-state index contributed by atoms with van der Waals surface area (Å²) in [4.78, 5) is 81.6. The van der Waals surface area contributed by atoms with Crippen LogP contribution in [0, 0.1) is 17.8 Å². The van der Waals surface area contributed by atoms with Gasteiger partial charge >= 0.3 is 21.6 Å². The number of ether oxygens (including phenoxy) is 1. The molecule has 0 aromatic heterocycles. The van der Waals surface area contributed by atoms with Crippen molar-refractivity contribution in [2.24, 2.45) is 17.8 Å². The van der Waals surface area contributed by atoms with Crippen LogP contribution in [-0.2, 0) is 114 Å². The van der Waals surface area contributed by atoms with Gasteiger partial charge in [0, 0.05) is 69.1 Å². The van der Waals surface area contributed by atoms with Gasteiger partial charge in [-0.2, -0.15) is 0 Å². The summed E-state index contributed by atoms with van der Waals surface area (Å²) in [6.45, 7) is 22.3. The Kier molecular flexibility index (Phi) is 43.2. The molecule has 0 amide bonds. The zero-order valence-corrected chi connectivity index (χ0v) is 48.8. The minimum Gasteiger partial charge on any atom is -0.462 e. The number of phosphoric acid groups is 2. The Hall–Kier alpha value is -0.550. The first-order chi connectivity index (χ1) is 31.2. The van der Waals surface area contributed by atoms with E-state index in [0.717, 1.165) is 0 Å². The number of phosphoric ester groups is 2. The number of hydrogen-bond donors (Lipinski definition) is 0. The van der Waals surface area contributed by atoms with Gasteiger partial charge in [0.1, 0.15) is 41.1 Å². The third-order valence-electron chi connectivity index (χ3n) is 9.31. The Labute approximate surface area is 418 Å². The predicted octanol–water partition coefficient (Wildman–Crippen LogP) is 11.8. The maximum atomic E-state index is 12.6. The molecule has 0 spiro atoms. The predicted molar refractivity (Wildman–Crippen MR) is 277 cm³/mol. The van der Waals surface area contributed by atoms with E-state index < -0.39 is 45.7 Å². The van der Waals surface area contributed by atoms with E-state index in [4.69, 9.17) is 53.1 Å². The van der Waals surface area contributed by atoms with Crippen molar-refractivity contribution < 1.29 is 73.5 Å². The molecule has 0 heterocycles. The lowest BCUT2D eigenvalue weighted by atomic mass is 10.0. The van der Waals surface area contributed by atoms with E-state index in [1.807, 2.05) is 55.4 Å². The van der Waals surface area contributed by atoms with Gasteiger partial charge in [0.15, 0.2) is 5.78 Å². The van der Waals surface area contributed by atoms with Crippen molar-refractivity contribution in [3.8, 4) is 0 Å². The van der Waals surface area contributed by atoms with Gasteiger partial charge in [-0.3, -0.25) is 69.5 Å². The number of hydrogen-bond acceptors (Lipinski definition) is 20. The summed E-state index contributed by atoms with van der Waals surface area (Å²) in [7, 11) is -3.81. The second-order valence-electron chi connectivity index (χ2n) is 16.2. The topological polar surface area (TPSA) is 218 Å². The van der Waals surface area contributed by atoms with Crippen molar-refractivity contribution in [2.45, 2.75) is 204 Å². The highest BCUT2D eigenvalue weighted by Gasteiger charge is 2.32. The van der Waals surface area contributed by atoms with Crippen molar-refractivity contribution in [2.75, 3.05) is 13.2 Å². The molecule has 0 aromatic carbocycles. The molecule has 0 N–H and O–H groups in total. The molecule has 394 valence electrons. The molecular weight excluding hydrogens is 1020 g/mol. The van der Waals surface area contributed by atoms with E-state index in [1.165, 1.54) is 0 Å². The van der Waals surface area contributed by atoms with Crippen molar-refractivity contribution in [3.05, 3.63) is 0 Å². The van der Waals surface area contributed by atoms with E-state index in [-0.39, 0.29) is 123 Å². The van der Waals surface area contributed by atoms with Crippen LogP contribution in [0.15, 0.2) is 0 Å². The molecule has 0 aliphatic carbocycles. The molecule has 0 aliphatic rings.